The molecule has 0 bridgehead atoms. The topological polar surface area (TPSA) is 288 Å². The van der Waals surface area contributed by atoms with E-state index >= 15 is 0 Å². The number of aromatic carboxylic acids is 1. The second-order valence-electron chi connectivity index (χ2n) is 19.7. The highest BCUT2D eigenvalue weighted by atomic mass is 35.5. The summed E-state index contributed by atoms with van der Waals surface area (Å²) in [7, 11) is 3.24. The number of hydrogen-bond donors (Lipinski definition) is 4. The highest BCUT2D eigenvalue weighted by molar-refractivity contribution is 6.34. The molecule has 0 aliphatic carbocycles. The van der Waals surface area contributed by atoms with Crippen molar-refractivity contribution in [3.05, 3.63) is 229 Å². The summed E-state index contributed by atoms with van der Waals surface area (Å²) in [6.45, 7) is 8.42. The van der Waals surface area contributed by atoms with Crippen LogP contribution in [0.3, 0.4) is 0 Å². The Kier molecular flexibility index (Phi) is 21.7. The van der Waals surface area contributed by atoms with Crippen molar-refractivity contribution in [3.8, 4) is 57.1 Å². The number of hydrogen-bond acceptors (Lipinski definition) is 19. The third-order valence-electron chi connectivity index (χ3n) is 12.8. The van der Waals surface area contributed by atoms with Gasteiger partial charge in [0.05, 0.1) is 26.6 Å². The van der Waals surface area contributed by atoms with Gasteiger partial charge < -0.3 is 40.4 Å². The van der Waals surface area contributed by atoms with Crippen molar-refractivity contribution in [2.45, 2.75) is 59.3 Å². The average molecular weight is 1250 g/mol. The fourth-order valence-electron chi connectivity index (χ4n) is 8.00. The Bertz CT molecular complexity index is 4190. The lowest BCUT2D eigenvalue weighted by molar-refractivity contribution is 0.0685. The molecule has 10 aromatic rings. The van der Waals surface area contributed by atoms with Gasteiger partial charge in [0.25, 0.3) is 0 Å². The minimum absolute atomic E-state index is 0.00833. The molecule has 6 aromatic heterocycles. The molecule has 0 radical (unpaired) electrons. The molecule has 4 aromatic carbocycles. The first-order chi connectivity index (χ1) is 42.8. The quantitative estimate of drug-likeness (QED) is 0.0516. The second-order valence-corrected chi connectivity index (χ2v) is 20.5. The summed E-state index contributed by atoms with van der Waals surface area (Å²) in [5, 5.41) is 24.1. The number of carbonyl (C=O) groups excluding carboxylic acids is 1. The highest BCUT2D eigenvalue weighted by Gasteiger charge is 2.22. The maximum Gasteiger partial charge on any atom is 0.360 e. The number of methoxy groups -OCH3 is 2. The fourth-order valence-corrected chi connectivity index (χ4v) is 8.43. The van der Waals surface area contributed by atoms with E-state index in [0.29, 0.717) is 69.6 Å². The number of carbonyl (C=O) groups is 2. The number of nitrogen functional groups attached to an aromatic ring is 1. The monoisotopic (exact) mass is 1250 g/mol. The molecule has 0 unspecified atom stereocenters. The Morgan fingerprint density at radius 2 is 1.02 bits per heavy atom. The first kappa shape index (κ1) is 64.3. The van der Waals surface area contributed by atoms with Crippen LogP contribution in [-0.2, 0) is 19.5 Å². The molecule has 0 aliphatic rings. The first-order valence-corrected chi connectivity index (χ1v) is 27.8. The fraction of sp³-hybridized carbons (Fsp3) is 0.175. The number of carboxylic acid groups (broad SMARTS) is 1. The van der Waals surface area contributed by atoms with Gasteiger partial charge in [-0.25, -0.2) is 43.5 Å². The molecular formula is C63H57Cl2F2N13O9. The van der Waals surface area contributed by atoms with Crippen LogP contribution in [0.15, 0.2) is 168 Å². The first-order valence-electron chi connectivity index (χ1n) is 27.1. The molecular weight excluding hydrogens is 1190 g/mol. The van der Waals surface area contributed by atoms with Crippen molar-refractivity contribution >= 4 is 52.4 Å². The number of nitrogens with two attached hydrogens (primary N) is 1. The SMILES string of the molecule is CC(C)n1cc(-c2ccc(F)cc2)c(=O)c(C(=O)O)n1.COc1ccc(CNc2nccc(Oc3cnc(N)cn3)c2Cl)cc1.COc1ccc(CNc2nccc(Oc3ncc(CC(=O)c4nn(C(C)C)cc(-c5ccc(F)cc5)c4=O)cn3)c2Cl)cc1. The molecule has 10 rings (SSSR count). The summed E-state index contributed by atoms with van der Waals surface area (Å²) in [6, 6.07) is 29.1. The smallest absolute Gasteiger partial charge is 0.360 e. The maximum atomic E-state index is 13.5. The van der Waals surface area contributed by atoms with Crippen molar-refractivity contribution in [2.24, 2.45) is 0 Å². The zero-order valence-electron chi connectivity index (χ0n) is 48.6. The Labute approximate surface area is 518 Å². The molecule has 0 fully saturated rings. The van der Waals surface area contributed by atoms with Gasteiger partial charge in [-0.3, -0.25) is 23.7 Å². The highest BCUT2D eigenvalue weighted by Crippen LogP contribution is 2.35. The molecule has 26 heteroatoms. The largest absolute Gasteiger partial charge is 0.497 e. The molecule has 22 nitrogen and oxygen atoms in total. The molecule has 0 saturated heterocycles. The van der Waals surface area contributed by atoms with Crippen LogP contribution in [0, 0.1) is 11.6 Å². The van der Waals surface area contributed by atoms with Crippen LogP contribution in [-0.4, -0.2) is 80.5 Å². The normalized spacial score (nSPS) is 10.7. The zero-order chi connectivity index (χ0) is 63.7. The Morgan fingerprint density at radius 1 is 0.573 bits per heavy atom. The Morgan fingerprint density at radius 3 is 1.45 bits per heavy atom. The van der Waals surface area contributed by atoms with Crippen molar-refractivity contribution in [3.63, 3.8) is 0 Å². The number of carboxylic acids is 1. The van der Waals surface area contributed by atoms with E-state index in [4.69, 9.17) is 53.0 Å². The molecule has 5 N–H and O–H groups in total. The average Bonchev–Trinajstić information content (AvgIpc) is 1.68. The second kappa shape index (κ2) is 30.1. The third-order valence-corrected chi connectivity index (χ3v) is 13.5. The summed E-state index contributed by atoms with van der Waals surface area (Å²) in [5.41, 5.74) is 7.42. The maximum absolute atomic E-state index is 13.5. The lowest BCUT2D eigenvalue weighted by Gasteiger charge is -2.13. The standard InChI is InChI=1S/C32H28ClFN6O4.C17H16ClN5O2.C14H13FN2O3/c1-19(2)40-18-25(22-6-8-23(34)9-7-22)30(42)29(39-40)26(41)14-21-16-37-32(38-17-21)44-27-12-13-35-31(28(27)33)36-15-20-4-10-24(43-3)11-5-20;1-24-12-4-2-11(3-5-12)8-23-17-16(18)13(6-7-20-17)25-15-10-21-14(19)9-22-15;1-8(2)17-7-11(9-3-5-10(15)6-4-9)13(18)12(16-17)14(19)20/h4-13,16-19H,14-15H2,1-3H3,(H,35,36);2-7,9-10H,8H2,1H3,(H2,19,21)(H,20,23);3-8H,1-2H3,(H,19,20). The number of nitrogens with one attached hydrogen (secondary N) is 2. The third kappa shape index (κ3) is 17.3. The number of benzene rings is 4. The number of Topliss-reactive ketones (excluding diaryl/α,β-unsaturated/α-hetero) is 1. The van der Waals surface area contributed by atoms with Crippen LogP contribution in [0.1, 0.15) is 77.4 Å². The van der Waals surface area contributed by atoms with Crippen LogP contribution in [0.4, 0.5) is 26.2 Å². The molecule has 0 spiro atoms. The predicted octanol–water partition coefficient (Wildman–Crippen LogP) is 12.2. The summed E-state index contributed by atoms with van der Waals surface area (Å²) in [6.07, 6.45) is 11.7. The molecule has 0 amide bonds. The zero-order valence-corrected chi connectivity index (χ0v) is 50.1. The molecule has 0 aliphatic heterocycles. The lowest BCUT2D eigenvalue weighted by Crippen LogP contribution is -2.25. The van der Waals surface area contributed by atoms with Gasteiger partial charge in [0, 0.05) is 92.0 Å². The number of aromatic nitrogens is 10. The summed E-state index contributed by atoms with van der Waals surface area (Å²) in [4.78, 5) is 74.6. The van der Waals surface area contributed by atoms with Crippen molar-refractivity contribution in [2.75, 3.05) is 30.6 Å². The van der Waals surface area contributed by atoms with E-state index in [-0.39, 0.29) is 46.4 Å². The number of halogens is 4. The number of rotatable bonds is 20. The van der Waals surface area contributed by atoms with Crippen LogP contribution in [0.5, 0.6) is 34.9 Å². The molecule has 89 heavy (non-hydrogen) atoms. The number of pyridine rings is 2. The van der Waals surface area contributed by atoms with E-state index in [1.165, 1.54) is 84.2 Å². The van der Waals surface area contributed by atoms with Gasteiger partial charge in [-0.05, 0) is 104 Å². The van der Waals surface area contributed by atoms with Gasteiger partial charge in [-0.15, -0.1) is 0 Å². The van der Waals surface area contributed by atoms with E-state index < -0.39 is 39.9 Å². The lowest BCUT2D eigenvalue weighted by atomic mass is 10.0. The van der Waals surface area contributed by atoms with Crippen molar-refractivity contribution < 1.29 is 42.4 Å². The summed E-state index contributed by atoms with van der Waals surface area (Å²) >= 11 is 12.9. The van der Waals surface area contributed by atoms with Gasteiger partial charge in [0.15, 0.2) is 23.0 Å². The minimum atomic E-state index is -1.38. The van der Waals surface area contributed by atoms with E-state index in [1.54, 1.807) is 49.6 Å². The summed E-state index contributed by atoms with van der Waals surface area (Å²) in [5.74, 6) is 1.09. The number of anilines is 3. The van der Waals surface area contributed by atoms with E-state index in [0.717, 1.165) is 22.6 Å². The molecule has 0 atom stereocenters. The van der Waals surface area contributed by atoms with Crippen LogP contribution in [0.25, 0.3) is 22.3 Å². The molecule has 6 heterocycles. The van der Waals surface area contributed by atoms with Crippen LogP contribution < -0.4 is 46.2 Å². The van der Waals surface area contributed by atoms with Crippen LogP contribution in [0.2, 0.25) is 10.0 Å². The van der Waals surface area contributed by atoms with Gasteiger partial charge in [-0.2, -0.15) is 10.2 Å². The number of nitrogens with zero attached hydrogens (tertiary/aromatic N) is 10. The Balaban J connectivity index is 0.000000191. The summed E-state index contributed by atoms with van der Waals surface area (Å²) < 4.78 is 51.1. The predicted molar refractivity (Wildman–Crippen MR) is 331 cm³/mol. The van der Waals surface area contributed by atoms with Gasteiger partial charge >= 0.3 is 12.0 Å². The molecule has 0 saturated carbocycles. The van der Waals surface area contributed by atoms with Crippen molar-refractivity contribution in [1.29, 1.82) is 0 Å². The van der Waals surface area contributed by atoms with Crippen molar-refractivity contribution in [1.82, 2.24) is 49.5 Å². The van der Waals surface area contributed by atoms with Gasteiger partial charge in [0.1, 0.15) is 50.6 Å². The number of ether oxygens (including phenoxy) is 4. The van der Waals surface area contributed by atoms with Gasteiger partial charge in [-0.1, -0.05) is 71.7 Å². The van der Waals surface area contributed by atoms with Gasteiger partial charge in [0.2, 0.25) is 22.4 Å². The van der Waals surface area contributed by atoms with Crippen LogP contribution >= 0.6 is 23.2 Å². The molecule has 456 valence electrons. The van der Waals surface area contributed by atoms with E-state index in [9.17, 15) is 28.0 Å². The number of ketones is 1. The minimum Gasteiger partial charge on any atom is -0.497 e. The van der Waals surface area contributed by atoms with E-state index in [1.807, 2.05) is 76.2 Å². The Hall–Kier alpha value is -10.7. The van der Waals surface area contributed by atoms with E-state index in [2.05, 4.69) is 50.7 Å².